The number of anilines is 1. The maximum Gasteiger partial charge on any atom is 0.294 e. The topological polar surface area (TPSA) is 67.8 Å². The number of aromatic nitrogens is 3. The van der Waals surface area contributed by atoms with Crippen LogP contribution in [0.15, 0.2) is 42.9 Å². The molecule has 0 unspecified atom stereocenters. The summed E-state index contributed by atoms with van der Waals surface area (Å²) in [4.78, 5) is 23.1. The smallest absolute Gasteiger partial charge is 0.294 e. The van der Waals surface area contributed by atoms with Crippen molar-refractivity contribution in [2.24, 2.45) is 0 Å². The summed E-state index contributed by atoms with van der Waals surface area (Å²) in [5.74, 6) is 0.243. The van der Waals surface area contributed by atoms with Gasteiger partial charge in [0.15, 0.2) is 0 Å². The van der Waals surface area contributed by atoms with Gasteiger partial charge in [-0.3, -0.25) is 4.79 Å². The van der Waals surface area contributed by atoms with E-state index in [0.717, 1.165) is 0 Å². The van der Waals surface area contributed by atoms with Gasteiger partial charge >= 0.3 is 0 Å². The average molecular weight is 200 g/mol. The third-order valence-electron chi connectivity index (χ3n) is 1.68. The summed E-state index contributed by atoms with van der Waals surface area (Å²) in [6, 6.07) is 6.90. The Balaban J connectivity index is 2.12. The van der Waals surface area contributed by atoms with Gasteiger partial charge in [-0.25, -0.2) is 15.0 Å². The van der Waals surface area contributed by atoms with Crippen molar-refractivity contribution < 1.29 is 4.79 Å². The number of pyridine rings is 1. The molecule has 5 heteroatoms. The largest absolute Gasteiger partial charge is 0.304 e. The van der Waals surface area contributed by atoms with Crippen molar-refractivity contribution in [1.29, 1.82) is 0 Å². The van der Waals surface area contributed by atoms with Gasteiger partial charge in [-0.1, -0.05) is 6.07 Å². The summed E-state index contributed by atoms with van der Waals surface area (Å²) in [6.07, 6.45) is 4.63. The maximum atomic E-state index is 11.5. The lowest BCUT2D eigenvalue weighted by Gasteiger charge is -2.01. The molecular formula is C10H8N4O. The molecule has 2 heterocycles. The molecule has 0 fully saturated rings. The Morgan fingerprint density at radius 2 is 1.73 bits per heavy atom. The lowest BCUT2D eigenvalue weighted by molar-refractivity contribution is 0.101. The number of carbonyl (C=O) groups is 1. The second-order valence-electron chi connectivity index (χ2n) is 2.74. The van der Waals surface area contributed by atoms with Gasteiger partial charge in [0.05, 0.1) is 0 Å². The summed E-state index contributed by atoms with van der Waals surface area (Å²) in [5.41, 5.74) is 0. The summed E-state index contributed by atoms with van der Waals surface area (Å²) in [6.45, 7) is 0. The maximum absolute atomic E-state index is 11.5. The van der Waals surface area contributed by atoms with Gasteiger partial charge in [-0.2, -0.15) is 0 Å². The molecule has 0 bridgehead atoms. The van der Waals surface area contributed by atoms with Crippen LogP contribution in [-0.4, -0.2) is 20.9 Å². The van der Waals surface area contributed by atoms with Gasteiger partial charge in [-0.15, -0.1) is 0 Å². The monoisotopic (exact) mass is 200 g/mol. The Labute approximate surface area is 86.2 Å². The highest BCUT2D eigenvalue weighted by Gasteiger charge is 2.07. The number of rotatable bonds is 2. The first-order chi connectivity index (χ1) is 7.36. The molecule has 0 atom stereocenters. The molecule has 5 nitrogen and oxygen atoms in total. The first-order valence-corrected chi connectivity index (χ1v) is 4.35. The molecule has 0 aromatic carbocycles. The highest BCUT2D eigenvalue weighted by Crippen LogP contribution is 2.01. The van der Waals surface area contributed by atoms with Crippen LogP contribution in [0.3, 0.4) is 0 Å². The zero-order valence-electron chi connectivity index (χ0n) is 7.79. The lowest BCUT2D eigenvalue weighted by Crippen LogP contribution is -2.15. The molecule has 0 aliphatic heterocycles. The molecule has 2 rings (SSSR count). The van der Waals surface area contributed by atoms with Gasteiger partial charge < -0.3 is 5.32 Å². The molecule has 0 spiro atoms. The summed E-state index contributed by atoms with van der Waals surface area (Å²) in [7, 11) is 0. The Bertz CT molecular complexity index is 443. The predicted octanol–water partition coefficient (Wildman–Crippen LogP) is 1.12. The number of nitrogens with one attached hydrogen (secondary N) is 1. The van der Waals surface area contributed by atoms with Gasteiger partial charge in [-0.05, 0) is 18.2 Å². The molecular weight excluding hydrogens is 192 g/mol. The third-order valence-corrected chi connectivity index (χ3v) is 1.68. The van der Waals surface area contributed by atoms with Crippen LogP contribution in [0.2, 0.25) is 0 Å². The van der Waals surface area contributed by atoms with E-state index in [0.29, 0.717) is 5.82 Å². The van der Waals surface area contributed by atoms with E-state index in [2.05, 4.69) is 20.3 Å². The van der Waals surface area contributed by atoms with Gasteiger partial charge in [0.2, 0.25) is 5.82 Å². The second-order valence-corrected chi connectivity index (χ2v) is 2.74. The zero-order chi connectivity index (χ0) is 10.5. The van der Waals surface area contributed by atoms with E-state index in [1.165, 1.54) is 12.4 Å². The van der Waals surface area contributed by atoms with Crippen molar-refractivity contribution >= 4 is 11.7 Å². The summed E-state index contributed by atoms with van der Waals surface area (Å²) >= 11 is 0. The van der Waals surface area contributed by atoms with E-state index >= 15 is 0 Å². The molecule has 15 heavy (non-hydrogen) atoms. The van der Waals surface area contributed by atoms with Crippen LogP contribution in [0.4, 0.5) is 5.82 Å². The molecule has 0 saturated carbocycles. The van der Waals surface area contributed by atoms with E-state index < -0.39 is 0 Å². The number of hydrogen-bond acceptors (Lipinski definition) is 4. The Hall–Kier alpha value is -2.30. The minimum atomic E-state index is -0.366. The number of amides is 1. The van der Waals surface area contributed by atoms with Crippen LogP contribution in [-0.2, 0) is 0 Å². The number of nitrogens with zero attached hydrogens (tertiary/aromatic N) is 3. The first-order valence-electron chi connectivity index (χ1n) is 4.35. The second kappa shape index (κ2) is 4.28. The molecule has 0 aliphatic rings. The van der Waals surface area contributed by atoms with Gasteiger partial charge in [0.25, 0.3) is 5.91 Å². The molecule has 0 radical (unpaired) electrons. The first kappa shape index (κ1) is 9.26. The normalized spacial score (nSPS) is 9.60. The van der Waals surface area contributed by atoms with Crippen LogP contribution in [0.25, 0.3) is 0 Å². The van der Waals surface area contributed by atoms with Crippen molar-refractivity contribution in [2.75, 3.05) is 5.32 Å². The Morgan fingerprint density at radius 3 is 2.40 bits per heavy atom. The average Bonchev–Trinajstić information content (AvgIpc) is 2.31. The van der Waals surface area contributed by atoms with Crippen LogP contribution in [0.1, 0.15) is 10.6 Å². The highest BCUT2D eigenvalue weighted by atomic mass is 16.2. The quantitative estimate of drug-likeness (QED) is 0.788. The van der Waals surface area contributed by atoms with Crippen LogP contribution in [0.5, 0.6) is 0 Å². The fourth-order valence-electron chi connectivity index (χ4n) is 1.03. The molecule has 0 aliphatic carbocycles. The molecule has 2 aromatic rings. The zero-order valence-corrected chi connectivity index (χ0v) is 7.79. The van der Waals surface area contributed by atoms with Crippen LogP contribution >= 0.6 is 0 Å². The van der Waals surface area contributed by atoms with E-state index in [1.54, 1.807) is 30.5 Å². The lowest BCUT2D eigenvalue weighted by atomic mass is 10.4. The summed E-state index contributed by atoms with van der Waals surface area (Å²) in [5, 5.41) is 2.58. The van der Waals surface area contributed by atoms with Gasteiger partial charge in [0, 0.05) is 18.6 Å². The molecule has 74 valence electrons. The van der Waals surface area contributed by atoms with Crippen LogP contribution in [0, 0.1) is 0 Å². The van der Waals surface area contributed by atoms with E-state index in [4.69, 9.17) is 0 Å². The summed E-state index contributed by atoms with van der Waals surface area (Å²) < 4.78 is 0. The molecule has 1 amide bonds. The van der Waals surface area contributed by atoms with Crippen molar-refractivity contribution in [1.82, 2.24) is 15.0 Å². The van der Waals surface area contributed by atoms with E-state index in [9.17, 15) is 4.79 Å². The molecule has 1 N–H and O–H groups in total. The number of hydrogen-bond donors (Lipinski definition) is 1. The van der Waals surface area contributed by atoms with Gasteiger partial charge in [0.1, 0.15) is 5.82 Å². The minimum absolute atomic E-state index is 0.128. The SMILES string of the molecule is O=C(Nc1ccccn1)c1ncccn1. The van der Waals surface area contributed by atoms with Crippen molar-refractivity contribution in [3.05, 3.63) is 48.7 Å². The molecule has 2 aromatic heterocycles. The van der Waals surface area contributed by atoms with Crippen molar-refractivity contribution in [3.63, 3.8) is 0 Å². The van der Waals surface area contributed by atoms with E-state index in [1.807, 2.05) is 0 Å². The third kappa shape index (κ3) is 2.34. The Kier molecular flexibility index (Phi) is 2.64. The Morgan fingerprint density at radius 1 is 1.00 bits per heavy atom. The predicted molar refractivity (Wildman–Crippen MR) is 54.2 cm³/mol. The molecule has 0 saturated heterocycles. The highest BCUT2D eigenvalue weighted by molar-refractivity contribution is 6.00. The minimum Gasteiger partial charge on any atom is -0.304 e. The number of carbonyl (C=O) groups excluding carboxylic acids is 1. The fourth-order valence-corrected chi connectivity index (χ4v) is 1.03. The van der Waals surface area contributed by atoms with E-state index in [-0.39, 0.29) is 11.7 Å². The standard InChI is InChI=1S/C10H8N4O/c15-10(9-12-6-3-7-13-9)14-8-4-1-2-5-11-8/h1-7H,(H,11,14,15). The fraction of sp³-hybridized carbons (Fsp3) is 0. The van der Waals surface area contributed by atoms with Crippen molar-refractivity contribution in [2.45, 2.75) is 0 Å². The van der Waals surface area contributed by atoms with Crippen molar-refractivity contribution in [3.8, 4) is 0 Å². The van der Waals surface area contributed by atoms with Crippen LogP contribution < -0.4 is 5.32 Å².